The second-order valence-corrected chi connectivity index (χ2v) is 4.29. The van der Waals surface area contributed by atoms with Gasteiger partial charge in [-0.25, -0.2) is 0 Å². The zero-order valence-corrected chi connectivity index (χ0v) is 8.96. The number of phenols is 2. The third-order valence-corrected chi connectivity index (χ3v) is 2.10. The lowest BCUT2D eigenvalue weighted by Gasteiger charge is -2.22. The Kier molecular flexibility index (Phi) is 2.60. The van der Waals surface area contributed by atoms with Gasteiger partial charge in [0, 0.05) is 11.6 Å². The molecule has 3 heteroatoms. The molecule has 0 aliphatic rings. The molecule has 0 amide bonds. The summed E-state index contributed by atoms with van der Waals surface area (Å²) in [6.07, 6.45) is 0. The number of phenolic OH excluding ortho intramolecular Hbond substituents is 2. The van der Waals surface area contributed by atoms with Gasteiger partial charge in [0.25, 0.3) is 0 Å². The first-order valence-electron chi connectivity index (χ1n) is 4.46. The van der Waals surface area contributed by atoms with Gasteiger partial charge in [0.2, 0.25) is 0 Å². The van der Waals surface area contributed by atoms with Gasteiger partial charge in [-0.2, -0.15) is 0 Å². The highest BCUT2D eigenvalue weighted by atomic mass is 16.5. The van der Waals surface area contributed by atoms with Crippen LogP contribution in [0, 0.1) is 0 Å². The minimum atomic E-state index is -0.158. The van der Waals surface area contributed by atoms with Gasteiger partial charge < -0.3 is 14.9 Å². The second-order valence-electron chi connectivity index (χ2n) is 4.29. The fourth-order valence-corrected chi connectivity index (χ4v) is 1.31. The third-order valence-electron chi connectivity index (χ3n) is 2.10. The van der Waals surface area contributed by atoms with E-state index in [0.717, 1.165) is 5.56 Å². The van der Waals surface area contributed by atoms with Crippen molar-refractivity contribution in [3.8, 4) is 17.2 Å². The van der Waals surface area contributed by atoms with E-state index in [1.54, 1.807) is 7.11 Å². The number of rotatable bonds is 1. The van der Waals surface area contributed by atoms with Gasteiger partial charge in [-0.1, -0.05) is 20.8 Å². The van der Waals surface area contributed by atoms with Gasteiger partial charge in [-0.05, 0) is 11.5 Å². The van der Waals surface area contributed by atoms with Crippen molar-refractivity contribution in [2.75, 3.05) is 7.11 Å². The molecule has 0 aromatic heterocycles. The van der Waals surface area contributed by atoms with Crippen molar-refractivity contribution in [3.63, 3.8) is 0 Å². The van der Waals surface area contributed by atoms with E-state index >= 15 is 0 Å². The Morgan fingerprint density at radius 1 is 1.07 bits per heavy atom. The number of hydrogen-bond acceptors (Lipinski definition) is 3. The van der Waals surface area contributed by atoms with Crippen LogP contribution in [-0.4, -0.2) is 17.3 Å². The van der Waals surface area contributed by atoms with E-state index in [1.807, 2.05) is 20.8 Å². The minimum Gasteiger partial charge on any atom is -0.504 e. The highest BCUT2D eigenvalue weighted by Crippen LogP contribution is 2.38. The summed E-state index contributed by atoms with van der Waals surface area (Å²) in [6, 6.07) is 2.96. The molecule has 1 aromatic carbocycles. The van der Waals surface area contributed by atoms with Crippen LogP contribution < -0.4 is 4.74 Å². The Morgan fingerprint density at radius 2 is 1.57 bits per heavy atom. The first-order chi connectivity index (χ1) is 6.36. The fraction of sp³-hybridized carbons (Fsp3) is 0.455. The van der Waals surface area contributed by atoms with Gasteiger partial charge in [-0.3, -0.25) is 0 Å². The van der Waals surface area contributed by atoms with Crippen molar-refractivity contribution in [3.05, 3.63) is 17.7 Å². The number of benzene rings is 1. The standard InChI is InChI=1S/C11H16O3/c1-11(2,3)7-5-8(12)9(13)6-10(7)14-4/h5-6,12-13H,1-4H3. The molecule has 0 aliphatic carbocycles. The topological polar surface area (TPSA) is 49.7 Å². The Bertz CT molecular complexity index is 337. The zero-order chi connectivity index (χ0) is 10.9. The molecule has 3 nitrogen and oxygen atoms in total. The van der Waals surface area contributed by atoms with Crippen LogP contribution >= 0.6 is 0 Å². The summed E-state index contributed by atoms with van der Waals surface area (Å²) in [7, 11) is 1.54. The van der Waals surface area contributed by atoms with Crippen LogP contribution in [0.2, 0.25) is 0 Å². The molecule has 0 fully saturated rings. The molecule has 0 saturated heterocycles. The van der Waals surface area contributed by atoms with Crippen molar-refractivity contribution < 1.29 is 14.9 Å². The number of ether oxygens (including phenoxy) is 1. The molecule has 14 heavy (non-hydrogen) atoms. The third kappa shape index (κ3) is 1.92. The fourth-order valence-electron chi connectivity index (χ4n) is 1.31. The van der Waals surface area contributed by atoms with Gasteiger partial charge in [-0.15, -0.1) is 0 Å². The lowest BCUT2D eigenvalue weighted by atomic mass is 9.86. The molecular weight excluding hydrogens is 180 g/mol. The maximum atomic E-state index is 9.38. The van der Waals surface area contributed by atoms with Gasteiger partial charge in [0.05, 0.1) is 7.11 Å². The Morgan fingerprint density at radius 3 is 2.00 bits per heavy atom. The van der Waals surface area contributed by atoms with Crippen LogP contribution in [0.4, 0.5) is 0 Å². The average molecular weight is 196 g/mol. The summed E-state index contributed by atoms with van der Waals surface area (Å²) < 4.78 is 5.14. The van der Waals surface area contributed by atoms with E-state index in [9.17, 15) is 10.2 Å². The molecular formula is C11H16O3. The lowest BCUT2D eigenvalue weighted by molar-refractivity contribution is 0.374. The van der Waals surface area contributed by atoms with E-state index < -0.39 is 0 Å². The second kappa shape index (κ2) is 3.40. The zero-order valence-electron chi connectivity index (χ0n) is 8.96. The number of aromatic hydroxyl groups is 2. The number of methoxy groups -OCH3 is 1. The Hall–Kier alpha value is -1.38. The van der Waals surface area contributed by atoms with Crippen LogP contribution in [0.15, 0.2) is 12.1 Å². The molecule has 1 aromatic rings. The Labute approximate surface area is 84.0 Å². The summed E-state index contributed by atoms with van der Waals surface area (Å²) in [4.78, 5) is 0. The molecule has 0 radical (unpaired) electrons. The summed E-state index contributed by atoms with van der Waals surface area (Å²) in [5, 5.41) is 18.7. The SMILES string of the molecule is COc1cc(O)c(O)cc1C(C)(C)C. The molecule has 0 saturated carbocycles. The highest BCUT2D eigenvalue weighted by Gasteiger charge is 2.20. The smallest absolute Gasteiger partial charge is 0.161 e. The normalized spacial score (nSPS) is 11.4. The van der Waals surface area contributed by atoms with E-state index in [1.165, 1.54) is 12.1 Å². The van der Waals surface area contributed by atoms with Crippen molar-refractivity contribution >= 4 is 0 Å². The van der Waals surface area contributed by atoms with Gasteiger partial charge in [0.15, 0.2) is 11.5 Å². The van der Waals surface area contributed by atoms with Crippen LogP contribution in [0.1, 0.15) is 26.3 Å². The van der Waals surface area contributed by atoms with Crippen molar-refractivity contribution in [1.29, 1.82) is 0 Å². The molecule has 0 atom stereocenters. The predicted octanol–water partition coefficient (Wildman–Crippen LogP) is 2.40. The van der Waals surface area contributed by atoms with Crippen molar-refractivity contribution in [1.82, 2.24) is 0 Å². The van der Waals surface area contributed by atoms with Crippen molar-refractivity contribution in [2.45, 2.75) is 26.2 Å². The molecule has 0 bridgehead atoms. The quantitative estimate of drug-likeness (QED) is 0.678. The maximum Gasteiger partial charge on any atom is 0.161 e. The molecule has 0 unspecified atom stereocenters. The molecule has 0 spiro atoms. The maximum absolute atomic E-state index is 9.38. The van der Waals surface area contributed by atoms with Crippen LogP contribution in [0.3, 0.4) is 0 Å². The largest absolute Gasteiger partial charge is 0.504 e. The molecule has 0 aliphatic heterocycles. The summed E-state index contributed by atoms with van der Waals surface area (Å²) in [5.74, 6) is 0.318. The monoisotopic (exact) mass is 196 g/mol. The minimum absolute atomic E-state index is 0.115. The van der Waals surface area contributed by atoms with Crippen LogP contribution in [0.5, 0.6) is 17.2 Å². The van der Waals surface area contributed by atoms with E-state index in [-0.39, 0.29) is 16.9 Å². The van der Waals surface area contributed by atoms with Crippen LogP contribution in [0.25, 0.3) is 0 Å². The van der Waals surface area contributed by atoms with Gasteiger partial charge >= 0.3 is 0 Å². The summed E-state index contributed by atoms with van der Waals surface area (Å²) in [5.41, 5.74) is 0.742. The average Bonchev–Trinajstić information content (AvgIpc) is 2.07. The first-order valence-corrected chi connectivity index (χ1v) is 4.46. The molecule has 1 rings (SSSR count). The van der Waals surface area contributed by atoms with E-state index in [2.05, 4.69) is 0 Å². The van der Waals surface area contributed by atoms with Crippen molar-refractivity contribution in [2.24, 2.45) is 0 Å². The van der Waals surface area contributed by atoms with E-state index in [4.69, 9.17) is 4.74 Å². The lowest BCUT2D eigenvalue weighted by Crippen LogP contribution is -2.12. The predicted molar refractivity (Wildman–Crippen MR) is 55.0 cm³/mol. The van der Waals surface area contributed by atoms with Gasteiger partial charge in [0.1, 0.15) is 5.75 Å². The molecule has 0 heterocycles. The molecule has 78 valence electrons. The van der Waals surface area contributed by atoms with E-state index in [0.29, 0.717) is 5.75 Å². The Balaban J connectivity index is 3.35. The highest BCUT2D eigenvalue weighted by molar-refractivity contribution is 5.51. The number of hydrogen-bond donors (Lipinski definition) is 2. The first kappa shape index (κ1) is 10.7. The summed E-state index contributed by atoms with van der Waals surface area (Å²) >= 11 is 0. The molecule has 2 N–H and O–H groups in total. The summed E-state index contributed by atoms with van der Waals surface area (Å²) in [6.45, 7) is 6.05. The van der Waals surface area contributed by atoms with Crippen LogP contribution in [-0.2, 0) is 5.41 Å².